The third kappa shape index (κ3) is 3.40. The lowest BCUT2D eigenvalue weighted by molar-refractivity contribution is -0.170. The van der Waals surface area contributed by atoms with Crippen LogP contribution in [0.25, 0.3) is 0 Å². The van der Waals surface area contributed by atoms with Gasteiger partial charge in [-0.2, -0.15) is 0 Å². The summed E-state index contributed by atoms with van der Waals surface area (Å²) in [6.45, 7) is 5.86. The van der Waals surface area contributed by atoms with Crippen molar-refractivity contribution >= 4 is 5.97 Å². The summed E-state index contributed by atoms with van der Waals surface area (Å²) >= 11 is 0. The highest BCUT2D eigenvalue weighted by Gasteiger charge is 2.30. The van der Waals surface area contributed by atoms with E-state index >= 15 is 0 Å². The first kappa shape index (κ1) is 11.0. The van der Waals surface area contributed by atoms with Crippen LogP contribution >= 0.6 is 0 Å². The van der Waals surface area contributed by atoms with Crippen molar-refractivity contribution < 1.29 is 14.6 Å². The molecular weight excluding hydrogens is 156 g/mol. The van der Waals surface area contributed by atoms with Crippen LogP contribution in [0.3, 0.4) is 0 Å². The molecule has 0 aliphatic rings. The van der Waals surface area contributed by atoms with Crippen molar-refractivity contribution in [2.24, 2.45) is 0 Å². The Bertz CT molecular complexity index is 215. The van der Waals surface area contributed by atoms with Crippen molar-refractivity contribution in [3.8, 4) is 12.3 Å². The van der Waals surface area contributed by atoms with Crippen LogP contribution in [0.1, 0.15) is 27.7 Å². The molecule has 0 aromatic rings. The fourth-order valence-electron chi connectivity index (χ4n) is 0.386. The SMILES string of the molecule is C#CC(C)(C)OC(=O)C(C)(C)O. The molecule has 0 aromatic heterocycles. The zero-order valence-electron chi connectivity index (χ0n) is 7.84. The van der Waals surface area contributed by atoms with E-state index in [1.807, 2.05) is 0 Å². The first-order valence-electron chi connectivity index (χ1n) is 3.62. The molecule has 12 heavy (non-hydrogen) atoms. The van der Waals surface area contributed by atoms with E-state index in [4.69, 9.17) is 11.2 Å². The van der Waals surface area contributed by atoms with Gasteiger partial charge in [0, 0.05) is 0 Å². The second kappa shape index (κ2) is 3.16. The smallest absolute Gasteiger partial charge is 0.339 e. The summed E-state index contributed by atoms with van der Waals surface area (Å²) < 4.78 is 4.83. The number of esters is 1. The van der Waals surface area contributed by atoms with Crippen molar-refractivity contribution in [3.63, 3.8) is 0 Å². The number of ether oxygens (including phenoxy) is 1. The molecule has 0 bridgehead atoms. The molecule has 3 nitrogen and oxygen atoms in total. The molecule has 68 valence electrons. The molecule has 0 aliphatic heterocycles. The normalized spacial score (nSPS) is 12.0. The van der Waals surface area contributed by atoms with E-state index in [2.05, 4.69) is 5.92 Å². The summed E-state index contributed by atoms with van der Waals surface area (Å²) in [4.78, 5) is 11.1. The Morgan fingerprint density at radius 1 is 1.42 bits per heavy atom. The lowest BCUT2D eigenvalue weighted by Gasteiger charge is -2.23. The van der Waals surface area contributed by atoms with Crippen molar-refractivity contribution in [1.29, 1.82) is 0 Å². The Hall–Kier alpha value is -1.01. The van der Waals surface area contributed by atoms with E-state index in [0.29, 0.717) is 0 Å². The molecule has 0 aromatic carbocycles. The molecule has 3 heteroatoms. The molecule has 0 radical (unpaired) electrons. The maximum absolute atomic E-state index is 11.1. The van der Waals surface area contributed by atoms with Crippen LogP contribution in [0.4, 0.5) is 0 Å². The number of aliphatic hydroxyl groups is 1. The number of carbonyl (C=O) groups excluding carboxylic acids is 1. The van der Waals surface area contributed by atoms with E-state index in [1.165, 1.54) is 13.8 Å². The lowest BCUT2D eigenvalue weighted by Crippen LogP contribution is -2.39. The third-order valence-corrected chi connectivity index (χ3v) is 1.19. The highest BCUT2D eigenvalue weighted by atomic mass is 16.6. The quantitative estimate of drug-likeness (QED) is 0.490. The van der Waals surface area contributed by atoms with Gasteiger partial charge in [0.2, 0.25) is 0 Å². The molecule has 0 rings (SSSR count). The average Bonchev–Trinajstić information content (AvgIpc) is 1.85. The average molecular weight is 170 g/mol. The first-order valence-corrected chi connectivity index (χ1v) is 3.62. The standard InChI is InChI=1S/C9H14O3/c1-6-8(2,3)12-7(10)9(4,5)11/h1,11H,2-5H3. The summed E-state index contributed by atoms with van der Waals surface area (Å²) in [5.41, 5.74) is -2.45. The predicted octanol–water partition coefficient (Wildman–Crippen LogP) is 0.712. The van der Waals surface area contributed by atoms with Gasteiger partial charge in [0.15, 0.2) is 11.2 Å². The number of hydrogen-bond acceptors (Lipinski definition) is 3. The molecule has 0 saturated carbocycles. The zero-order valence-corrected chi connectivity index (χ0v) is 7.84. The van der Waals surface area contributed by atoms with E-state index < -0.39 is 17.2 Å². The van der Waals surface area contributed by atoms with Gasteiger partial charge in [-0.1, -0.05) is 5.92 Å². The van der Waals surface area contributed by atoms with Crippen LogP contribution in [0.2, 0.25) is 0 Å². The topological polar surface area (TPSA) is 46.5 Å². The lowest BCUT2D eigenvalue weighted by atomic mass is 10.1. The van der Waals surface area contributed by atoms with Gasteiger partial charge in [-0.25, -0.2) is 4.79 Å². The van der Waals surface area contributed by atoms with E-state index in [1.54, 1.807) is 13.8 Å². The Morgan fingerprint density at radius 3 is 2.08 bits per heavy atom. The first-order chi connectivity index (χ1) is 5.19. The summed E-state index contributed by atoms with van der Waals surface area (Å²) in [5, 5.41) is 9.20. The number of carbonyl (C=O) groups is 1. The summed E-state index contributed by atoms with van der Waals surface area (Å²) in [5.74, 6) is 1.57. The third-order valence-electron chi connectivity index (χ3n) is 1.19. The molecule has 0 aliphatic carbocycles. The Balaban J connectivity index is 4.33. The molecule has 1 N–H and O–H groups in total. The minimum atomic E-state index is -1.49. The highest BCUT2D eigenvalue weighted by Crippen LogP contribution is 2.13. The predicted molar refractivity (Wildman–Crippen MR) is 45.3 cm³/mol. The van der Waals surface area contributed by atoms with Crippen LogP contribution in [-0.2, 0) is 9.53 Å². The fourth-order valence-corrected chi connectivity index (χ4v) is 0.386. The van der Waals surface area contributed by atoms with Crippen molar-refractivity contribution in [2.45, 2.75) is 38.9 Å². The molecule has 0 heterocycles. The van der Waals surface area contributed by atoms with Gasteiger partial charge in [0.1, 0.15) is 0 Å². The second-order valence-electron chi connectivity index (χ2n) is 3.60. The van der Waals surface area contributed by atoms with Crippen LogP contribution in [0, 0.1) is 12.3 Å². The number of hydrogen-bond donors (Lipinski definition) is 1. The van der Waals surface area contributed by atoms with E-state index in [-0.39, 0.29) is 0 Å². The largest absolute Gasteiger partial charge is 0.444 e. The van der Waals surface area contributed by atoms with Crippen LogP contribution < -0.4 is 0 Å². The highest BCUT2D eigenvalue weighted by molar-refractivity contribution is 5.78. The Morgan fingerprint density at radius 2 is 1.83 bits per heavy atom. The van der Waals surface area contributed by atoms with Crippen molar-refractivity contribution in [2.75, 3.05) is 0 Å². The molecule has 0 spiro atoms. The minimum absolute atomic E-state index is 0.717. The molecule has 0 fully saturated rings. The molecule has 0 saturated heterocycles. The van der Waals surface area contributed by atoms with Crippen LogP contribution in [0.5, 0.6) is 0 Å². The van der Waals surface area contributed by atoms with Gasteiger partial charge < -0.3 is 9.84 Å². The maximum Gasteiger partial charge on any atom is 0.339 e. The van der Waals surface area contributed by atoms with Crippen LogP contribution in [0.15, 0.2) is 0 Å². The Labute approximate surface area is 72.7 Å². The summed E-state index contributed by atoms with van der Waals surface area (Å²) in [6, 6.07) is 0. The van der Waals surface area contributed by atoms with Crippen molar-refractivity contribution in [1.82, 2.24) is 0 Å². The second-order valence-corrected chi connectivity index (χ2v) is 3.60. The molecule has 0 amide bonds. The Kier molecular flexibility index (Phi) is 2.89. The van der Waals surface area contributed by atoms with Gasteiger partial charge in [0.25, 0.3) is 0 Å². The summed E-state index contributed by atoms with van der Waals surface area (Å²) in [6.07, 6.45) is 5.09. The molecule has 0 atom stereocenters. The molecular formula is C9H14O3. The summed E-state index contributed by atoms with van der Waals surface area (Å²) in [7, 11) is 0. The van der Waals surface area contributed by atoms with Crippen molar-refractivity contribution in [3.05, 3.63) is 0 Å². The van der Waals surface area contributed by atoms with Gasteiger partial charge >= 0.3 is 5.97 Å². The van der Waals surface area contributed by atoms with Crippen LogP contribution in [-0.4, -0.2) is 22.3 Å². The van der Waals surface area contributed by atoms with Gasteiger partial charge in [-0.15, -0.1) is 6.42 Å². The fraction of sp³-hybridized carbons (Fsp3) is 0.667. The zero-order chi connectivity index (χ0) is 9.99. The maximum atomic E-state index is 11.1. The minimum Gasteiger partial charge on any atom is -0.444 e. The number of rotatable bonds is 2. The number of terminal acetylenes is 1. The van der Waals surface area contributed by atoms with Gasteiger partial charge in [0.05, 0.1) is 0 Å². The van der Waals surface area contributed by atoms with Gasteiger partial charge in [-0.05, 0) is 27.7 Å². The monoisotopic (exact) mass is 170 g/mol. The van der Waals surface area contributed by atoms with E-state index in [9.17, 15) is 9.90 Å². The van der Waals surface area contributed by atoms with Gasteiger partial charge in [-0.3, -0.25) is 0 Å². The molecule has 0 unspecified atom stereocenters. The van der Waals surface area contributed by atoms with E-state index in [0.717, 1.165) is 0 Å².